The van der Waals surface area contributed by atoms with E-state index in [0.717, 1.165) is 22.1 Å². The van der Waals surface area contributed by atoms with Gasteiger partial charge < -0.3 is 11.1 Å². The van der Waals surface area contributed by atoms with Crippen LogP contribution in [0.4, 0.5) is 11.8 Å². The highest BCUT2D eigenvalue weighted by molar-refractivity contribution is 9.10. The van der Waals surface area contributed by atoms with Crippen molar-refractivity contribution in [2.75, 3.05) is 11.1 Å². The molecule has 1 aromatic rings. The van der Waals surface area contributed by atoms with Crippen molar-refractivity contribution in [3.63, 3.8) is 0 Å². The van der Waals surface area contributed by atoms with Gasteiger partial charge in [-0.15, -0.1) is 0 Å². The van der Waals surface area contributed by atoms with Crippen LogP contribution in [0.3, 0.4) is 0 Å². The molecule has 0 saturated heterocycles. The van der Waals surface area contributed by atoms with Gasteiger partial charge in [-0.05, 0) is 47.0 Å². The van der Waals surface area contributed by atoms with Gasteiger partial charge in [0.1, 0.15) is 5.82 Å². The predicted molar refractivity (Wildman–Crippen MR) is 73.7 cm³/mol. The molecule has 0 bridgehead atoms. The van der Waals surface area contributed by atoms with Crippen LogP contribution in [0.2, 0.25) is 0 Å². The lowest BCUT2D eigenvalue weighted by Gasteiger charge is -2.32. The third kappa shape index (κ3) is 3.31. The second-order valence-electron chi connectivity index (χ2n) is 5.18. The molecule has 17 heavy (non-hydrogen) atoms. The fourth-order valence-corrected chi connectivity index (χ4v) is 3.05. The standard InChI is InChI=1S/C12H19BrN4/c1-7-3-8(2)5-9(4-7)16-11-10(13)6-15-12(14)17-11/h6-9H,3-5H2,1-2H3,(H3,14,15,16,17). The van der Waals surface area contributed by atoms with Crippen molar-refractivity contribution in [1.29, 1.82) is 0 Å². The summed E-state index contributed by atoms with van der Waals surface area (Å²) >= 11 is 3.44. The molecule has 0 radical (unpaired) electrons. The van der Waals surface area contributed by atoms with Crippen molar-refractivity contribution in [3.05, 3.63) is 10.7 Å². The quantitative estimate of drug-likeness (QED) is 0.881. The van der Waals surface area contributed by atoms with Gasteiger partial charge in [0.15, 0.2) is 0 Å². The lowest BCUT2D eigenvalue weighted by Crippen LogP contribution is -2.30. The van der Waals surface area contributed by atoms with Gasteiger partial charge in [0.25, 0.3) is 0 Å². The van der Waals surface area contributed by atoms with E-state index in [1.165, 1.54) is 19.3 Å². The molecule has 3 N–H and O–H groups in total. The molecule has 1 aliphatic carbocycles. The van der Waals surface area contributed by atoms with Gasteiger partial charge in [-0.25, -0.2) is 4.98 Å². The van der Waals surface area contributed by atoms with Crippen LogP contribution in [0.15, 0.2) is 10.7 Å². The zero-order valence-corrected chi connectivity index (χ0v) is 11.9. The lowest BCUT2D eigenvalue weighted by molar-refractivity contribution is 0.280. The van der Waals surface area contributed by atoms with E-state index in [1.807, 2.05) is 0 Å². The molecule has 5 heteroatoms. The highest BCUT2D eigenvalue weighted by atomic mass is 79.9. The molecule has 1 saturated carbocycles. The fraction of sp³-hybridized carbons (Fsp3) is 0.667. The van der Waals surface area contributed by atoms with Crippen LogP contribution in [0, 0.1) is 11.8 Å². The number of hydrogen-bond donors (Lipinski definition) is 2. The molecule has 1 aromatic heterocycles. The Hall–Kier alpha value is -0.840. The van der Waals surface area contributed by atoms with E-state index < -0.39 is 0 Å². The molecule has 2 atom stereocenters. The van der Waals surface area contributed by atoms with E-state index in [4.69, 9.17) is 5.73 Å². The Bertz CT molecular complexity index is 386. The van der Waals surface area contributed by atoms with E-state index >= 15 is 0 Å². The highest BCUT2D eigenvalue weighted by Gasteiger charge is 2.24. The molecule has 0 aromatic carbocycles. The maximum absolute atomic E-state index is 5.60. The summed E-state index contributed by atoms with van der Waals surface area (Å²) in [7, 11) is 0. The normalized spacial score (nSPS) is 29.0. The number of rotatable bonds is 2. The van der Waals surface area contributed by atoms with Crippen LogP contribution in [-0.4, -0.2) is 16.0 Å². The molecule has 0 amide bonds. The minimum absolute atomic E-state index is 0.313. The van der Waals surface area contributed by atoms with Crippen molar-refractivity contribution >= 4 is 27.7 Å². The number of aromatic nitrogens is 2. The molecular weight excluding hydrogens is 280 g/mol. The van der Waals surface area contributed by atoms with E-state index in [0.29, 0.717) is 12.0 Å². The Balaban J connectivity index is 2.07. The average molecular weight is 299 g/mol. The summed E-state index contributed by atoms with van der Waals surface area (Å²) in [6.07, 6.45) is 5.41. The van der Waals surface area contributed by atoms with Gasteiger partial charge in [-0.3, -0.25) is 0 Å². The van der Waals surface area contributed by atoms with E-state index in [9.17, 15) is 0 Å². The van der Waals surface area contributed by atoms with Crippen LogP contribution in [0.5, 0.6) is 0 Å². The minimum Gasteiger partial charge on any atom is -0.368 e. The van der Waals surface area contributed by atoms with Gasteiger partial charge in [-0.1, -0.05) is 13.8 Å². The molecule has 0 aliphatic heterocycles. The number of nitrogens with one attached hydrogen (secondary N) is 1. The maximum atomic E-state index is 5.60. The topological polar surface area (TPSA) is 63.8 Å². The van der Waals surface area contributed by atoms with Gasteiger partial charge in [0.2, 0.25) is 5.95 Å². The summed E-state index contributed by atoms with van der Waals surface area (Å²) in [6.45, 7) is 4.63. The largest absolute Gasteiger partial charge is 0.368 e. The monoisotopic (exact) mass is 298 g/mol. The SMILES string of the molecule is CC1CC(C)CC(Nc2nc(N)ncc2Br)C1. The van der Waals surface area contributed by atoms with Crippen molar-refractivity contribution in [1.82, 2.24) is 9.97 Å². The van der Waals surface area contributed by atoms with Gasteiger partial charge in [-0.2, -0.15) is 4.98 Å². The third-order valence-corrected chi connectivity index (χ3v) is 3.86. The van der Waals surface area contributed by atoms with Crippen molar-refractivity contribution in [2.45, 2.75) is 39.2 Å². The van der Waals surface area contributed by atoms with Crippen molar-refractivity contribution < 1.29 is 0 Å². The third-order valence-electron chi connectivity index (χ3n) is 3.28. The van der Waals surface area contributed by atoms with Crippen molar-refractivity contribution in [3.8, 4) is 0 Å². The smallest absolute Gasteiger partial charge is 0.221 e. The molecular formula is C12H19BrN4. The lowest BCUT2D eigenvalue weighted by atomic mass is 9.80. The Kier molecular flexibility index (Phi) is 3.86. The van der Waals surface area contributed by atoms with Gasteiger partial charge in [0, 0.05) is 12.2 Å². The summed E-state index contributed by atoms with van der Waals surface area (Å²) < 4.78 is 0.873. The molecule has 1 fully saturated rings. The molecule has 2 unspecified atom stereocenters. The number of nitrogens with two attached hydrogens (primary N) is 1. The summed E-state index contributed by atoms with van der Waals surface area (Å²) in [5.74, 6) is 2.67. The summed E-state index contributed by atoms with van der Waals surface area (Å²) in [4.78, 5) is 8.17. The Morgan fingerprint density at radius 1 is 1.29 bits per heavy atom. The molecule has 94 valence electrons. The molecule has 1 heterocycles. The second kappa shape index (κ2) is 5.21. The number of anilines is 2. The van der Waals surface area contributed by atoms with E-state index in [-0.39, 0.29) is 0 Å². The first-order valence-electron chi connectivity index (χ1n) is 6.09. The zero-order valence-electron chi connectivity index (χ0n) is 10.3. The first-order chi connectivity index (χ1) is 8.04. The Morgan fingerprint density at radius 2 is 1.94 bits per heavy atom. The maximum Gasteiger partial charge on any atom is 0.221 e. The van der Waals surface area contributed by atoms with Crippen molar-refractivity contribution in [2.24, 2.45) is 11.8 Å². The minimum atomic E-state index is 0.313. The zero-order chi connectivity index (χ0) is 12.4. The first-order valence-corrected chi connectivity index (χ1v) is 6.88. The highest BCUT2D eigenvalue weighted by Crippen LogP contribution is 2.31. The fourth-order valence-electron chi connectivity index (χ4n) is 2.74. The van der Waals surface area contributed by atoms with Crippen LogP contribution >= 0.6 is 15.9 Å². The summed E-state index contributed by atoms with van der Waals surface area (Å²) in [5, 5.41) is 3.47. The number of nitrogens with zero attached hydrogens (tertiary/aromatic N) is 2. The summed E-state index contributed by atoms with van der Waals surface area (Å²) in [5.41, 5.74) is 5.60. The average Bonchev–Trinajstić information content (AvgIpc) is 2.22. The van der Waals surface area contributed by atoms with Crippen LogP contribution < -0.4 is 11.1 Å². The van der Waals surface area contributed by atoms with Crippen LogP contribution in [0.25, 0.3) is 0 Å². The molecule has 1 aliphatic rings. The molecule has 0 spiro atoms. The Morgan fingerprint density at radius 3 is 2.59 bits per heavy atom. The van der Waals surface area contributed by atoms with Crippen LogP contribution in [-0.2, 0) is 0 Å². The van der Waals surface area contributed by atoms with Gasteiger partial charge >= 0.3 is 0 Å². The summed E-state index contributed by atoms with van der Waals surface area (Å²) in [6, 6.07) is 0.486. The van der Waals surface area contributed by atoms with Gasteiger partial charge in [0.05, 0.1) is 4.47 Å². The predicted octanol–water partition coefficient (Wildman–Crippen LogP) is 3.06. The number of nitrogen functional groups attached to an aromatic ring is 1. The second-order valence-corrected chi connectivity index (χ2v) is 6.04. The Labute approximate surface area is 111 Å². The molecule has 4 nitrogen and oxygen atoms in total. The van der Waals surface area contributed by atoms with Crippen LogP contribution in [0.1, 0.15) is 33.1 Å². The number of hydrogen-bond acceptors (Lipinski definition) is 4. The molecule has 2 rings (SSSR count). The van der Waals surface area contributed by atoms with E-state index in [2.05, 4.69) is 45.1 Å². The van der Waals surface area contributed by atoms with E-state index in [1.54, 1.807) is 6.20 Å². The number of halogens is 1. The first kappa shape index (κ1) is 12.6.